The summed E-state index contributed by atoms with van der Waals surface area (Å²) in [5, 5.41) is 5.61. The third kappa shape index (κ3) is 4.64. The fourth-order valence-electron chi connectivity index (χ4n) is 8.57. The lowest BCUT2D eigenvalue weighted by Gasteiger charge is -2.12. The van der Waals surface area contributed by atoms with Crippen LogP contribution in [0.2, 0.25) is 0 Å². The molecule has 0 saturated heterocycles. The zero-order chi connectivity index (χ0) is 36.7. The highest BCUT2D eigenvalue weighted by atomic mass is 16.3. The Morgan fingerprint density at radius 3 is 1.84 bits per heavy atom. The van der Waals surface area contributed by atoms with E-state index in [-0.39, 0.29) is 0 Å². The highest BCUT2D eigenvalue weighted by Crippen LogP contribution is 2.45. The Kier molecular flexibility index (Phi) is 6.56. The Labute approximate surface area is 321 Å². The molecule has 0 N–H and O–H groups in total. The molecule has 260 valence electrons. The van der Waals surface area contributed by atoms with Crippen LogP contribution in [-0.2, 0) is 0 Å². The summed E-state index contributed by atoms with van der Waals surface area (Å²) >= 11 is 0. The summed E-state index contributed by atoms with van der Waals surface area (Å²) < 4.78 is 9.05. The smallest absolute Gasteiger partial charge is 0.227 e. The zero-order valence-electron chi connectivity index (χ0n) is 30.0. The Hall–Kier alpha value is -7.63. The van der Waals surface area contributed by atoms with Crippen LogP contribution >= 0.6 is 0 Å². The maximum atomic E-state index is 6.67. The van der Waals surface area contributed by atoms with Gasteiger partial charge in [-0.3, -0.25) is 0 Å². The second-order valence-corrected chi connectivity index (χ2v) is 14.4. The number of benzene rings is 8. The summed E-state index contributed by atoms with van der Waals surface area (Å²) in [6.45, 7) is 0. The molecule has 0 unspecified atom stereocenters. The lowest BCUT2D eigenvalue weighted by molar-refractivity contribution is 0.623. The van der Waals surface area contributed by atoms with Gasteiger partial charge < -0.3 is 8.82 Å². The molecule has 0 aliphatic heterocycles. The molecular formula is C51H30N4O. The summed E-state index contributed by atoms with van der Waals surface area (Å²) in [5.74, 6) is 1.31. The SMILES string of the molecule is c1ccc(-c2cccc(-c3nc(-c4cccc(-c5ccc6c(c5)c5c7oc(-c8ccccc8)nc7cc7c8ccccc8n6c75)c4)nc4ccccc34)c2)cc1. The Balaban J connectivity index is 1.03. The van der Waals surface area contributed by atoms with Gasteiger partial charge in [-0.15, -0.1) is 0 Å². The minimum absolute atomic E-state index is 0.624. The van der Waals surface area contributed by atoms with E-state index in [1.165, 1.54) is 21.9 Å². The number of hydrogen-bond acceptors (Lipinski definition) is 4. The average Bonchev–Trinajstić information content (AvgIpc) is 3.95. The predicted octanol–water partition coefficient (Wildman–Crippen LogP) is 13.3. The molecule has 0 amide bonds. The van der Waals surface area contributed by atoms with Gasteiger partial charge in [0.05, 0.1) is 33.1 Å². The number of hydrogen-bond donors (Lipinski definition) is 0. The van der Waals surface area contributed by atoms with Gasteiger partial charge in [-0.1, -0.05) is 127 Å². The van der Waals surface area contributed by atoms with Crippen LogP contribution in [0, 0.1) is 0 Å². The number of oxazole rings is 1. The molecule has 0 fully saturated rings. The van der Waals surface area contributed by atoms with Crippen LogP contribution in [0.4, 0.5) is 0 Å². The van der Waals surface area contributed by atoms with Gasteiger partial charge in [0.15, 0.2) is 11.4 Å². The van der Waals surface area contributed by atoms with E-state index in [4.69, 9.17) is 19.4 Å². The van der Waals surface area contributed by atoms with Crippen molar-refractivity contribution in [2.75, 3.05) is 0 Å². The molecule has 0 saturated carbocycles. The molecular weight excluding hydrogens is 685 g/mol. The van der Waals surface area contributed by atoms with Gasteiger partial charge in [0.25, 0.3) is 0 Å². The zero-order valence-corrected chi connectivity index (χ0v) is 30.0. The van der Waals surface area contributed by atoms with Gasteiger partial charge in [0.2, 0.25) is 5.89 Å². The number of aromatic nitrogens is 4. The van der Waals surface area contributed by atoms with Gasteiger partial charge in [-0.05, 0) is 76.9 Å². The van der Waals surface area contributed by atoms with Crippen LogP contribution in [0.1, 0.15) is 0 Å². The summed E-state index contributed by atoms with van der Waals surface area (Å²) in [6, 6.07) is 63.7. The van der Waals surface area contributed by atoms with Gasteiger partial charge in [0, 0.05) is 38.2 Å². The van der Waals surface area contributed by atoms with Crippen molar-refractivity contribution in [1.82, 2.24) is 19.4 Å². The fraction of sp³-hybridized carbons (Fsp3) is 0. The maximum Gasteiger partial charge on any atom is 0.227 e. The molecule has 5 nitrogen and oxygen atoms in total. The second-order valence-electron chi connectivity index (χ2n) is 14.4. The van der Waals surface area contributed by atoms with Crippen molar-refractivity contribution in [2.24, 2.45) is 0 Å². The third-order valence-corrected chi connectivity index (χ3v) is 11.1. The molecule has 5 heteroatoms. The summed E-state index contributed by atoms with van der Waals surface area (Å²) in [5.41, 5.74) is 14.4. The van der Waals surface area contributed by atoms with Crippen LogP contribution < -0.4 is 0 Å². The molecule has 0 atom stereocenters. The number of rotatable bonds is 5. The van der Waals surface area contributed by atoms with E-state index in [1.54, 1.807) is 0 Å². The molecule has 12 aromatic rings. The van der Waals surface area contributed by atoms with E-state index in [1.807, 2.05) is 42.5 Å². The van der Waals surface area contributed by atoms with Crippen LogP contribution in [0.25, 0.3) is 116 Å². The molecule has 0 aliphatic carbocycles. The van der Waals surface area contributed by atoms with Crippen molar-refractivity contribution in [3.8, 4) is 56.4 Å². The molecule has 0 radical (unpaired) electrons. The molecule has 4 aromatic heterocycles. The van der Waals surface area contributed by atoms with E-state index in [0.717, 1.165) is 82.9 Å². The van der Waals surface area contributed by atoms with Crippen LogP contribution in [0.15, 0.2) is 186 Å². The number of fused-ring (bicyclic) bond motifs is 9. The lowest BCUT2D eigenvalue weighted by Crippen LogP contribution is -1.95. The predicted molar refractivity (Wildman–Crippen MR) is 229 cm³/mol. The average molecular weight is 715 g/mol. The van der Waals surface area contributed by atoms with Crippen molar-refractivity contribution < 1.29 is 4.42 Å². The van der Waals surface area contributed by atoms with Gasteiger partial charge in [0.1, 0.15) is 5.52 Å². The maximum absolute atomic E-state index is 6.67. The molecule has 8 aromatic carbocycles. The van der Waals surface area contributed by atoms with E-state index in [9.17, 15) is 0 Å². The Bertz CT molecular complexity index is 3470. The van der Waals surface area contributed by atoms with Gasteiger partial charge in [-0.25, -0.2) is 15.0 Å². The first-order chi connectivity index (χ1) is 27.7. The fourth-order valence-corrected chi connectivity index (χ4v) is 8.57. The van der Waals surface area contributed by atoms with E-state index < -0.39 is 0 Å². The van der Waals surface area contributed by atoms with Crippen molar-refractivity contribution in [2.45, 2.75) is 0 Å². The van der Waals surface area contributed by atoms with Gasteiger partial charge >= 0.3 is 0 Å². The van der Waals surface area contributed by atoms with Crippen LogP contribution in [0.5, 0.6) is 0 Å². The first-order valence-corrected chi connectivity index (χ1v) is 18.9. The van der Waals surface area contributed by atoms with Crippen molar-refractivity contribution >= 4 is 60.1 Å². The minimum Gasteiger partial charge on any atom is -0.435 e. The monoisotopic (exact) mass is 714 g/mol. The summed E-state index contributed by atoms with van der Waals surface area (Å²) in [7, 11) is 0. The Morgan fingerprint density at radius 2 is 1.00 bits per heavy atom. The highest BCUT2D eigenvalue weighted by molar-refractivity contribution is 6.30. The molecule has 56 heavy (non-hydrogen) atoms. The van der Waals surface area contributed by atoms with E-state index in [0.29, 0.717) is 11.7 Å². The topological polar surface area (TPSA) is 56.2 Å². The minimum atomic E-state index is 0.624. The van der Waals surface area contributed by atoms with Crippen molar-refractivity contribution in [3.63, 3.8) is 0 Å². The number of nitrogens with zero attached hydrogens (tertiary/aromatic N) is 4. The second kappa shape index (κ2) is 11.9. The summed E-state index contributed by atoms with van der Waals surface area (Å²) in [6.07, 6.45) is 0. The largest absolute Gasteiger partial charge is 0.435 e. The lowest BCUT2D eigenvalue weighted by atomic mass is 9.98. The third-order valence-electron chi connectivity index (χ3n) is 11.1. The summed E-state index contributed by atoms with van der Waals surface area (Å²) in [4.78, 5) is 15.4. The molecule has 12 rings (SSSR count). The van der Waals surface area contributed by atoms with Crippen molar-refractivity contribution in [1.29, 1.82) is 0 Å². The van der Waals surface area contributed by atoms with Crippen LogP contribution in [-0.4, -0.2) is 19.4 Å². The van der Waals surface area contributed by atoms with Crippen LogP contribution in [0.3, 0.4) is 0 Å². The first-order valence-electron chi connectivity index (χ1n) is 18.9. The molecule has 4 heterocycles. The standard InChI is InChI=1S/C51H30N4O/c1-3-13-31(14-4-1)33-17-11-19-36(27-33)47-39-22-7-9-23-42(39)52-50(54-47)37-20-12-18-34(28-37)35-25-26-45-41(29-35)46-48-40(38-21-8-10-24-44(38)55(45)48)30-43-49(46)56-51(53-43)32-15-5-2-6-16-32/h1-30H. The Morgan fingerprint density at radius 1 is 0.375 bits per heavy atom. The van der Waals surface area contributed by atoms with Crippen molar-refractivity contribution in [3.05, 3.63) is 182 Å². The van der Waals surface area contributed by atoms with E-state index in [2.05, 4.69) is 144 Å². The normalized spacial score (nSPS) is 11.9. The number of para-hydroxylation sites is 2. The molecule has 0 spiro atoms. The first kappa shape index (κ1) is 30.8. The quantitative estimate of drug-likeness (QED) is 0.178. The van der Waals surface area contributed by atoms with Gasteiger partial charge in [-0.2, -0.15) is 0 Å². The molecule has 0 bridgehead atoms. The van der Waals surface area contributed by atoms with E-state index >= 15 is 0 Å². The molecule has 0 aliphatic rings. The highest BCUT2D eigenvalue weighted by Gasteiger charge is 2.23.